The van der Waals surface area contributed by atoms with Crippen LogP contribution in [0.25, 0.3) is 0 Å². The predicted octanol–water partition coefficient (Wildman–Crippen LogP) is 0.965. The van der Waals surface area contributed by atoms with E-state index >= 15 is 0 Å². The molecule has 0 spiro atoms. The zero-order chi connectivity index (χ0) is 14.4. The number of nitrogens with zero attached hydrogens (tertiary/aromatic N) is 2. The van der Waals surface area contributed by atoms with Crippen LogP contribution in [0.3, 0.4) is 0 Å². The molecule has 1 heterocycles. The number of amides is 1. The van der Waals surface area contributed by atoms with Crippen LogP contribution in [-0.4, -0.2) is 48.2 Å². The van der Waals surface area contributed by atoms with Crippen molar-refractivity contribution in [2.45, 2.75) is 44.6 Å². The van der Waals surface area contributed by atoms with Crippen LogP contribution in [0.1, 0.15) is 38.5 Å². The molecule has 1 saturated carbocycles. The fourth-order valence-electron chi connectivity index (χ4n) is 3.04. The van der Waals surface area contributed by atoms with Gasteiger partial charge in [-0.2, -0.15) is 0 Å². The van der Waals surface area contributed by atoms with Crippen molar-refractivity contribution in [3.8, 4) is 0 Å². The van der Waals surface area contributed by atoms with Crippen molar-refractivity contribution >= 4 is 5.91 Å². The molecule has 0 aromatic heterocycles. The maximum Gasteiger partial charge on any atom is 0.294 e. The summed E-state index contributed by atoms with van der Waals surface area (Å²) in [5.74, 6) is 0.0731. The first-order chi connectivity index (χ1) is 9.65. The van der Waals surface area contributed by atoms with Gasteiger partial charge in [-0.25, -0.2) is 0 Å². The van der Waals surface area contributed by atoms with Gasteiger partial charge in [-0.05, 0) is 51.6 Å². The molecule has 0 radical (unpaired) electrons. The Morgan fingerprint density at radius 1 is 1.25 bits per heavy atom. The molecule has 1 saturated heterocycles. The Bertz CT molecular complexity index is 337. The van der Waals surface area contributed by atoms with Crippen molar-refractivity contribution in [3.05, 3.63) is 10.1 Å². The molecule has 0 unspecified atom stereocenters. The minimum absolute atomic E-state index is 0.0137. The Balaban J connectivity index is 1.60. The molecule has 7 heteroatoms. The van der Waals surface area contributed by atoms with Gasteiger partial charge in [0.25, 0.3) is 5.09 Å². The summed E-state index contributed by atoms with van der Waals surface area (Å²) in [6.45, 7) is 3.90. The maximum atomic E-state index is 12.0. The lowest BCUT2D eigenvalue weighted by Crippen LogP contribution is -2.38. The fraction of sp³-hybridized carbons (Fsp3) is 0.923. The number of hydrogen-bond donors (Lipinski definition) is 1. The van der Waals surface area contributed by atoms with E-state index in [0.717, 1.165) is 19.6 Å². The molecule has 114 valence electrons. The van der Waals surface area contributed by atoms with Gasteiger partial charge in [0.05, 0.1) is 0 Å². The van der Waals surface area contributed by atoms with Crippen LogP contribution in [-0.2, 0) is 9.63 Å². The second kappa shape index (κ2) is 7.42. The second-order valence-corrected chi connectivity index (χ2v) is 5.64. The number of hydrogen-bond acceptors (Lipinski definition) is 5. The summed E-state index contributed by atoms with van der Waals surface area (Å²) in [5, 5.41) is 12.5. The van der Waals surface area contributed by atoms with Gasteiger partial charge in [-0.3, -0.25) is 4.79 Å². The second-order valence-electron chi connectivity index (χ2n) is 5.64. The summed E-state index contributed by atoms with van der Waals surface area (Å²) in [6.07, 6.45) is 4.71. The first-order valence-electron chi connectivity index (χ1n) is 7.46. The van der Waals surface area contributed by atoms with Gasteiger partial charge < -0.3 is 15.1 Å². The fourth-order valence-corrected chi connectivity index (χ4v) is 3.04. The van der Waals surface area contributed by atoms with E-state index in [2.05, 4.69) is 15.1 Å². The van der Waals surface area contributed by atoms with Gasteiger partial charge in [0.2, 0.25) is 5.91 Å². The van der Waals surface area contributed by atoms with E-state index in [1.54, 1.807) is 0 Å². The van der Waals surface area contributed by atoms with Crippen LogP contribution in [0.15, 0.2) is 0 Å². The Kier molecular flexibility index (Phi) is 5.58. The van der Waals surface area contributed by atoms with Crippen molar-refractivity contribution in [3.63, 3.8) is 0 Å². The molecular formula is C13H23N3O4. The molecule has 0 aromatic carbocycles. The predicted molar refractivity (Wildman–Crippen MR) is 72.5 cm³/mol. The van der Waals surface area contributed by atoms with Crippen molar-refractivity contribution < 1.29 is 14.7 Å². The van der Waals surface area contributed by atoms with Crippen molar-refractivity contribution in [2.75, 3.05) is 26.2 Å². The van der Waals surface area contributed by atoms with Gasteiger partial charge >= 0.3 is 0 Å². The number of likely N-dealkylation sites (tertiary alicyclic amines) is 1. The SMILES string of the molecule is O=C(NCCN1CCCC1)C1CCC(O[N+](=O)[O-])CC1. The quantitative estimate of drug-likeness (QED) is 0.580. The third-order valence-electron chi connectivity index (χ3n) is 4.21. The molecule has 1 aliphatic carbocycles. The average molecular weight is 285 g/mol. The molecular weight excluding hydrogens is 262 g/mol. The lowest BCUT2D eigenvalue weighted by molar-refractivity contribution is -0.769. The van der Waals surface area contributed by atoms with Crippen LogP contribution in [0.2, 0.25) is 0 Å². The van der Waals surface area contributed by atoms with Crippen molar-refractivity contribution in [2.24, 2.45) is 5.92 Å². The third kappa shape index (κ3) is 4.63. The van der Waals surface area contributed by atoms with E-state index in [9.17, 15) is 14.9 Å². The van der Waals surface area contributed by atoms with Crippen molar-refractivity contribution in [1.29, 1.82) is 0 Å². The highest BCUT2D eigenvalue weighted by molar-refractivity contribution is 5.78. The Labute approximate surface area is 118 Å². The highest BCUT2D eigenvalue weighted by atomic mass is 17.0. The first-order valence-corrected chi connectivity index (χ1v) is 7.46. The van der Waals surface area contributed by atoms with Crippen LogP contribution in [0, 0.1) is 16.0 Å². The first kappa shape index (κ1) is 15.0. The Hall–Kier alpha value is -1.37. The number of rotatable bonds is 6. The standard InChI is InChI=1S/C13H23N3O4/c17-13(14-7-10-15-8-1-2-9-15)11-3-5-12(6-4-11)20-16(18)19/h11-12H,1-10H2,(H,14,17). The topological polar surface area (TPSA) is 84.7 Å². The van der Waals surface area contributed by atoms with Gasteiger partial charge in [0.15, 0.2) is 0 Å². The summed E-state index contributed by atoms with van der Waals surface area (Å²) < 4.78 is 0. The molecule has 1 amide bonds. The van der Waals surface area contributed by atoms with Gasteiger partial charge in [-0.1, -0.05) is 0 Å². The number of carbonyl (C=O) groups excluding carboxylic acids is 1. The van der Waals surface area contributed by atoms with Crippen LogP contribution < -0.4 is 5.32 Å². The van der Waals surface area contributed by atoms with E-state index in [4.69, 9.17) is 0 Å². The van der Waals surface area contributed by atoms with E-state index in [0.29, 0.717) is 32.2 Å². The zero-order valence-electron chi connectivity index (χ0n) is 11.8. The van der Waals surface area contributed by atoms with Gasteiger partial charge in [0, 0.05) is 19.0 Å². The maximum absolute atomic E-state index is 12.0. The molecule has 7 nitrogen and oxygen atoms in total. The molecule has 0 aromatic rings. The summed E-state index contributed by atoms with van der Waals surface area (Å²) in [6, 6.07) is 0. The smallest absolute Gasteiger partial charge is 0.294 e. The molecule has 2 rings (SSSR count). The lowest BCUT2D eigenvalue weighted by atomic mass is 9.87. The lowest BCUT2D eigenvalue weighted by Gasteiger charge is -2.26. The van der Waals surface area contributed by atoms with Crippen LogP contribution >= 0.6 is 0 Å². The molecule has 2 aliphatic rings. The third-order valence-corrected chi connectivity index (χ3v) is 4.21. The zero-order valence-corrected chi connectivity index (χ0v) is 11.8. The Morgan fingerprint density at radius 3 is 2.50 bits per heavy atom. The highest BCUT2D eigenvalue weighted by Crippen LogP contribution is 2.26. The molecule has 1 N–H and O–H groups in total. The van der Waals surface area contributed by atoms with E-state index in [1.165, 1.54) is 12.8 Å². The summed E-state index contributed by atoms with van der Waals surface area (Å²) >= 11 is 0. The number of carbonyl (C=O) groups is 1. The summed E-state index contributed by atoms with van der Waals surface area (Å²) in [7, 11) is 0. The average Bonchev–Trinajstić information content (AvgIpc) is 2.92. The van der Waals surface area contributed by atoms with E-state index < -0.39 is 5.09 Å². The highest BCUT2D eigenvalue weighted by Gasteiger charge is 2.27. The normalized spacial score (nSPS) is 27.2. The molecule has 0 bridgehead atoms. The van der Waals surface area contributed by atoms with Gasteiger partial charge in [0.1, 0.15) is 6.10 Å². The van der Waals surface area contributed by atoms with E-state index in [1.807, 2.05) is 0 Å². The molecule has 20 heavy (non-hydrogen) atoms. The number of nitrogens with one attached hydrogen (secondary N) is 1. The minimum Gasteiger partial charge on any atom is -0.355 e. The van der Waals surface area contributed by atoms with Crippen molar-refractivity contribution in [1.82, 2.24) is 10.2 Å². The Morgan fingerprint density at radius 2 is 1.90 bits per heavy atom. The summed E-state index contributed by atoms with van der Waals surface area (Å²) in [5.41, 5.74) is 0. The van der Waals surface area contributed by atoms with Gasteiger partial charge in [-0.15, -0.1) is 10.1 Å². The monoisotopic (exact) mass is 285 g/mol. The van der Waals surface area contributed by atoms with E-state index in [-0.39, 0.29) is 17.9 Å². The minimum atomic E-state index is -0.735. The summed E-state index contributed by atoms with van der Waals surface area (Å²) in [4.78, 5) is 29.2. The molecule has 0 atom stereocenters. The molecule has 2 fully saturated rings. The van der Waals surface area contributed by atoms with Crippen LogP contribution in [0.4, 0.5) is 0 Å². The van der Waals surface area contributed by atoms with Crippen LogP contribution in [0.5, 0.6) is 0 Å². The largest absolute Gasteiger partial charge is 0.355 e. The molecule has 1 aliphatic heterocycles.